The van der Waals surface area contributed by atoms with Crippen molar-refractivity contribution in [2.75, 3.05) is 5.32 Å². The van der Waals surface area contributed by atoms with E-state index in [-0.39, 0.29) is 28.1 Å². The number of carbonyl (C=O) groups excluding carboxylic acids is 1. The second kappa shape index (κ2) is 6.09. The lowest BCUT2D eigenvalue weighted by molar-refractivity contribution is -0.117. The molecule has 0 bridgehead atoms. The topological polar surface area (TPSA) is 55.1 Å². The number of anilines is 1. The first-order valence-corrected chi connectivity index (χ1v) is 7.37. The van der Waals surface area contributed by atoms with Gasteiger partial charge >= 0.3 is 0 Å². The maximum Gasteiger partial charge on any atom is 0.242 e. The number of thiophene rings is 1. The van der Waals surface area contributed by atoms with Gasteiger partial charge in [0, 0.05) is 9.77 Å². The van der Waals surface area contributed by atoms with Gasteiger partial charge in [0.2, 0.25) is 5.91 Å². The van der Waals surface area contributed by atoms with Gasteiger partial charge in [-0.1, -0.05) is 18.2 Å². The Balaban J connectivity index is 0.00000133. The van der Waals surface area contributed by atoms with Crippen LogP contribution in [0.2, 0.25) is 0 Å². The van der Waals surface area contributed by atoms with Crippen LogP contribution in [0.25, 0.3) is 0 Å². The number of thioether (sulfide) groups is 1. The summed E-state index contributed by atoms with van der Waals surface area (Å²) in [5.41, 5.74) is 6.92. The molecule has 2 heterocycles. The molecule has 2 atom stereocenters. The van der Waals surface area contributed by atoms with Crippen molar-refractivity contribution in [1.82, 2.24) is 0 Å². The molecular weight excluding hydrogens is 344 g/mol. The van der Waals surface area contributed by atoms with E-state index in [2.05, 4.69) is 5.32 Å². The molecule has 0 saturated carbocycles. The molecule has 2 aromatic rings. The zero-order valence-electron chi connectivity index (χ0n) is 9.91. The van der Waals surface area contributed by atoms with Crippen LogP contribution in [0.5, 0.6) is 0 Å². The Kier molecular flexibility index (Phi) is 4.67. The summed E-state index contributed by atoms with van der Waals surface area (Å²) in [7, 11) is 0. The van der Waals surface area contributed by atoms with Crippen molar-refractivity contribution in [3.63, 3.8) is 0 Å². The molecule has 19 heavy (non-hydrogen) atoms. The minimum atomic E-state index is -0.527. The third-order valence-electron chi connectivity index (χ3n) is 2.85. The van der Waals surface area contributed by atoms with Gasteiger partial charge in [-0.3, -0.25) is 4.79 Å². The van der Waals surface area contributed by atoms with E-state index in [4.69, 9.17) is 5.73 Å². The van der Waals surface area contributed by atoms with Crippen LogP contribution in [0.3, 0.4) is 0 Å². The maximum atomic E-state index is 12.0. The molecule has 0 unspecified atom stereocenters. The largest absolute Gasteiger partial charge is 0.324 e. The van der Waals surface area contributed by atoms with Crippen molar-refractivity contribution in [3.8, 4) is 0 Å². The Bertz CT molecular complexity index is 574. The first-order chi connectivity index (χ1) is 8.75. The summed E-state index contributed by atoms with van der Waals surface area (Å²) in [6.45, 7) is 0. The highest BCUT2D eigenvalue weighted by Gasteiger charge is 2.31. The molecule has 0 saturated heterocycles. The fourth-order valence-electron chi connectivity index (χ4n) is 1.92. The Morgan fingerprint density at radius 1 is 1.16 bits per heavy atom. The molecule has 0 radical (unpaired) electrons. The average Bonchev–Trinajstić information content (AvgIpc) is 2.86. The van der Waals surface area contributed by atoms with Crippen molar-refractivity contribution in [2.24, 2.45) is 5.73 Å². The normalized spacial score (nSPS) is 21.8. The number of nitrogens with two attached hydrogens (primary N) is 1. The molecule has 100 valence electrons. The van der Waals surface area contributed by atoms with Crippen molar-refractivity contribution in [1.29, 1.82) is 0 Å². The number of halogens is 1. The first kappa shape index (κ1) is 14.6. The first-order valence-electron chi connectivity index (χ1n) is 5.61. The van der Waals surface area contributed by atoms with Gasteiger partial charge in [-0.05, 0) is 23.6 Å². The van der Waals surface area contributed by atoms with Gasteiger partial charge in [0.15, 0.2) is 0 Å². The molecule has 1 amide bonds. The Morgan fingerprint density at radius 3 is 2.68 bits per heavy atom. The third-order valence-corrected chi connectivity index (χ3v) is 5.37. The molecule has 3 nitrogen and oxygen atoms in total. The summed E-state index contributed by atoms with van der Waals surface area (Å²) < 4.78 is 0. The highest BCUT2D eigenvalue weighted by molar-refractivity contribution is 8.93. The van der Waals surface area contributed by atoms with Gasteiger partial charge in [-0.25, -0.2) is 0 Å². The van der Waals surface area contributed by atoms with Crippen LogP contribution in [0.4, 0.5) is 5.69 Å². The number of para-hydroxylation sites is 1. The zero-order chi connectivity index (χ0) is 12.5. The minimum absolute atomic E-state index is 0. The maximum absolute atomic E-state index is 12.0. The molecule has 1 aromatic carbocycles. The second-order valence-electron chi connectivity index (χ2n) is 4.07. The van der Waals surface area contributed by atoms with E-state index in [1.165, 1.54) is 0 Å². The second-order valence-corrected chi connectivity index (χ2v) is 6.23. The molecule has 3 N–H and O–H groups in total. The van der Waals surface area contributed by atoms with Gasteiger partial charge < -0.3 is 11.1 Å². The molecule has 0 spiro atoms. The smallest absolute Gasteiger partial charge is 0.242 e. The Hall–Kier alpha value is -0.820. The summed E-state index contributed by atoms with van der Waals surface area (Å²) in [6.07, 6.45) is 0. The molecule has 1 aliphatic rings. The molecule has 0 fully saturated rings. The number of benzene rings is 1. The summed E-state index contributed by atoms with van der Waals surface area (Å²) >= 11 is 3.29. The number of carbonyl (C=O) groups is 1. The molecule has 1 aliphatic heterocycles. The standard InChI is InChI=1S/C13H12N2OS2.BrH/c14-11-12(10-6-3-7-17-10)18-9-5-2-1-4-8(9)15-13(11)16;/h1-7,11-12H,14H2,(H,15,16);1H/t11-,12+;/m1./s1. The third kappa shape index (κ3) is 2.86. The van der Waals surface area contributed by atoms with Crippen molar-refractivity contribution < 1.29 is 4.79 Å². The number of fused-ring (bicyclic) bond motifs is 1. The predicted octanol–water partition coefficient (Wildman–Crippen LogP) is 3.44. The summed E-state index contributed by atoms with van der Waals surface area (Å²) in [4.78, 5) is 14.2. The monoisotopic (exact) mass is 356 g/mol. The van der Waals surface area contributed by atoms with E-state index in [9.17, 15) is 4.79 Å². The number of nitrogens with one attached hydrogen (secondary N) is 1. The number of rotatable bonds is 1. The number of amides is 1. The van der Waals surface area contributed by atoms with E-state index in [0.717, 1.165) is 15.5 Å². The Labute approximate surface area is 130 Å². The lowest BCUT2D eigenvalue weighted by Crippen LogP contribution is -2.38. The molecular formula is C13H13BrN2OS2. The Morgan fingerprint density at radius 2 is 1.95 bits per heavy atom. The highest BCUT2D eigenvalue weighted by Crippen LogP contribution is 2.44. The summed E-state index contributed by atoms with van der Waals surface area (Å²) in [5, 5.41) is 4.88. The minimum Gasteiger partial charge on any atom is -0.324 e. The van der Waals surface area contributed by atoms with Gasteiger partial charge in [-0.2, -0.15) is 0 Å². The van der Waals surface area contributed by atoms with Crippen molar-refractivity contribution >= 4 is 51.7 Å². The van der Waals surface area contributed by atoms with E-state index >= 15 is 0 Å². The van der Waals surface area contributed by atoms with Crippen LogP contribution in [0.15, 0.2) is 46.7 Å². The SMILES string of the molecule is Br.N[C@H]1C(=O)Nc2ccccc2S[C@H]1c1cccs1. The number of hydrogen-bond acceptors (Lipinski definition) is 4. The summed E-state index contributed by atoms with van der Waals surface area (Å²) in [5.74, 6) is -0.120. The van der Waals surface area contributed by atoms with Crippen molar-refractivity contribution in [2.45, 2.75) is 16.2 Å². The van der Waals surface area contributed by atoms with Crippen molar-refractivity contribution in [3.05, 3.63) is 46.7 Å². The molecule has 3 rings (SSSR count). The molecule has 1 aromatic heterocycles. The van der Waals surface area contributed by atoms with Crippen LogP contribution in [-0.4, -0.2) is 11.9 Å². The lowest BCUT2D eigenvalue weighted by atomic mass is 10.1. The predicted molar refractivity (Wildman–Crippen MR) is 86.3 cm³/mol. The van der Waals surface area contributed by atoms with Crippen LogP contribution in [0.1, 0.15) is 10.1 Å². The van der Waals surface area contributed by atoms with Gasteiger partial charge in [-0.15, -0.1) is 40.1 Å². The average molecular weight is 357 g/mol. The van der Waals surface area contributed by atoms with Gasteiger partial charge in [0.05, 0.1) is 10.9 Å². The summed E-state index contributed by atoms with van der Waals surface area (Å²) in [6, 6.07) is 11.3. The fourth-order valence-corrected chi connectivity index (χ4v) is 4.13. The van der Waals surface area contributed by atoms with Crippen LogP contribution >= 0.6 is 40.1 Å². The van der Waals surface area contributed by atoms with Crippen LogP contribution in [0, 0.1) is 0 Å². The van der Waals surface area contributed by atoms with Crippen LogP contribution < -0.4 is 11.1 Å². The highest BCUT2D eigenvalue weighted by atomic mass is 79.9. The lowest BCUT2D eigenvalue weighted by Gasteiger charge is -2.17. The van der Waals surface area contributed by atoms with E-state index in [1.54, 1.807) is 23.1 Å². The van der Waals surface area contributed by atoms with E-state index in [0.29, 0.717) is 0 Å². The molecule has 6 heteroatoms. The van der Waals surface area contributed by atoms with E-state index in [1.807, 2.05) is 41.8 Å². The quantitative estimate of drug-likeness (QED) is 0.822. The van der Waals surface area contributed by atoms with Gasteiger partial charge in [0.1, 0.15) is 6.04 Å². The fraction of sp³-hybridized carbons (Fsp3) is 0.154. The van der Waals surface area contributed by atoms with Crippen LogP contribution in [-0.2, 0) is 4.79 Å². The van der Waals surface area contributed by atoms with Gasteiger partial charge in [0.25, 0.3) is 0 Å². The zero-order valence-corrected chi connectivity index (χ0v) is 13.3. The van der Waals surface area contributed by atoms with E-state index < -0.39 is 6.04 Å². The molecule has 0 aliphatic carbocycles. The number of hydrogen-bond donors (Lipinski definition) is 2.